The van der Waals surface area contributed by atoms with Crippen LogP contribution in [0, 0.1) is 6.92 Å². The van der Waals surface area contributed by atoms with Gasteiger partial charge in [-0.3, -0.25) is 9.59 Å². The van der Waals surface area contributed by atoms with Crippen molar-refractivity contribution < 1.29 is 14.3 Å². The molecule has 136 valence electrons. The molecule has 2 N–H and O–H groups in total. The monoisotopic (exact) mass is 372 g/mol. The summed E-state index contributed by atoms with van der Waals surface area (Å²) < 4.78 is 4.68. The van der Waals surface area contributed by atoms with Gasteiger partial charge in [0, 0.05) is 30.1 Å². The number of nitrogens with one attached hydrogen (secondary N) is 2. The van der Waals surface area contributed by atoms with E-state index in [0.717, 1.165) is 22.6 Å². The van der Waals surface area contributed by atoms with Gasteiger partial charge < -0.3 is 15.0 Å². The molecule has 2 aromatic rings. The van der Waals surface area contributed by atoms with Crippen LogP contribution < -0.4 is 5.32 Å². The van der Waals surface area contributed by atoms with Crippen molar-refractivity contribution in [3.8, 4) is 0 Å². The number of thioether (sulfide) groups is 1. The maximum Gasteiger partial charge on any atom is 0.305 e. The molecule has 26 heavy (non-hydrogen) atoms. The molecule has 0 unspecified atom stereocenters. The lowest BCUT2D eigenvalue weighted by atomic mass is 10.0. The first-order valence-electron chi connectivity index (χ1n) is 8.30. The van der Waals surface area contributed by atoms with Gasteiger partial charge in [-0.1, -0.05) is 18.7 Å². The number of hydrogen-bond acceptors (Lipinski definition) is 6. The molecule has 0 atom stereocenters. The zero-order valence-corrected chi connectivity index (χ0v) is 15.7. The molecule has 0 fully saturated rings. The van der Waals surface area contributed by atoms with Crippen molar-refractivity contribution in [2.75, 3.05) is 18.2 Å². The minimum atomic E-state index is -0.243. The van der Waals surface area contributed by atoms with E-state index >= 15 is 0 Å². The van der Waals surface area contributed by atoms with Crippen molar-refractivity contribution in [1.82, 2.24) is 15.0 Å². The number of anilines is 1. The molecule has 0 aliphatic carbocycles. The molecule has 7 nitrogen and oxygen atoms in total. The van der Waals surface area contributed by atoms with Crippen molar-refractivity contribution in [3.05, 3.63) is 34.8 Å². The topological polar surface area (TPSA) is 97.0 Å². The molecule has 0 spiro atoms. The van der Waals surface area contributed by atoms with Crippen LogP contribution in [-0.4, -0.2) is 39.7 Å². The zero-order chi connectivity index (χ0) is 18.7. The van der Waals surface area contributed by atoms with Gasteiger partial charge in [-0.25, -0.2) is 9.97 Å². The fraction of sp³-hybridized carbons (Fsp3) is 0.333. The smallest absolute Gasteiger partial charge is 0.305 e. The maximum absolute atomic E-state index is 12.3. The number of aryl methyl sites for hydroxylation is 1. The van der Waals surface area contributed by atoms with E-state index in [1.807, 2.05) is 20.0 Å². The number of fused-ring (bicyclic) bond motifs is 1. The average molecular weight is 372 g/mol. The molecule has 8 heteroatoms. The number of aromatic nitrogens is 3. The van der Waals surface area contributed by atoms with Crippen molar-refractivity contribution in [2.45, 2.75) is 31.8 Å². The second-order valence-electron chi connectivity index (χ2n) is 5.79. The largest absolute Gasteiger partial charge is 0.469 e. The number of H-pyrrole nitrogens is 1. The van der Waals surface area contributed by atoms with Crippen molar-refractivity contribution in [2.24, 2.45) is 0 Å². The Bertz CT molecular complexity index is 889. The molecule has 1 aliphatic rings. The van der Waals surface area contributed by atoms with Gasteiger partial charge in [-0.05, 0) is 36.3 Å². The molecule has 1 aliphatic heterocycles. The molecule has 0 bridgehead atoms. The number of carbonyl (C=O) groups is 2. The lowest BCUT2D eigenvalue weighted by Crippen LogP contribution is -2.04. The summed E-state index contributed by atoms with van der Waals surface area (Å²) in [6.07, 6.45) is 6.24. The Morgan fingerprint density at radius 2 is 2.23 bits per heavy atom. The summed E-state index contributed by atoms with van der Waals surface area (Å²) in [5.74, 6) is 0.971. The van der Waals surface area contributed by atoms with E-state index in [9.17, 15) is 9.59 Å². The van der Waals surface area contributed by atoms with Gasteiger partial charge in [-0.15, -0.1) is 0 Å². The first-order chi connectivity index (χ1) is 12.5. The van der Waals surface area contributed by atoms with Gasteiger partial charge in [0.25, 0.3) is 5.91 Å². The van der Waals surface area contributed by atoms with Crippen molar-refractivity contribution in [3.63, 3.8) is 0 Å². The van der Waals surface area contributed by atoms with Crippen LogP contribution in [-0.2, 0) is 20.7 Å². The van der Waals surface area contributed by atoms with E-state index in [2.05, 4.69) is 25.0 Å². The van der Waals surface area contributed by atoms with Gasteiger partial charge in [0.1, 0.15) is 5.82 Å². The third-order valence-electron chi connectivity index (χ3n) is 4.21. The van der Waals surface area contributed by atoms with Gasteiger partial charge in [-0.2, -0.15) is 0 Å². The van der Waals surface area contributed by atoms with Crippen LogP contribution in [0.2, 0.25) is 0 Å². The summed E-state index contributed by atoms with van der Waals surface area (Å²) in [6, 6.07) is 0. The van der Waals surface area contributed by atoms with Crippen molar-refractivity contribution >= 4 is 41.1 Å². The number of carbonyl (C=O) groups excluding carboxylic acids is 2. The molecule has 2 aromatic heterocycles. The standard InChI is InChI=1S/C18H20N4O3S/c1-4-26-18-20-9-13-12(17(24)21-16(13)22-18)7-14-10(2)11(8-19-14)5-6-15(23)25-3/h7-9,19H,4-6H2,1-3H3,(H,20,21,22,24). The van der Waals surface area contributed by atoms with Crippen LogP contribution in [0.15, 0.2) is 17.6 Å². The number of nitrogens with zero attached hydrogens (tertiary/aromatic N) is 2. The second kappa shape index (κ2) is 7.74. The highest BCUT2D eigenvalue weighted by molar-refractivity contribution is 7.99. The fourth-order valence-electron chi connectivity index (χ4n) is 2.74. The highest BCUT2D eigenvalue weighted by Crippen LogP contribution is 2.33. The zero-order valence-electron chi connectivity index (χ0n) is 14.9. The lowest BCUT2D eigenvalue weighted by molar-refractivity contribution is -0.140. The quantitative estimate of drug-likeness (QED) is 0.350. The summed E-state index contributed by atoms with van der Waals surface area (Å²) in [6.45, 7) is 3.98. The summed E-state index contributed by atoms with van der Waals surface area (Å²) >= 11 is 1.53. The molecular weight excluding hydrogens is 352 g/mol. The fourth-order valence-corrected chi connectivity index (χ4v) is 3.29. The number of methoxy groups -OCH3 is 1. The number of aromatic amines is 1. The first kappa shape index (κ1) is 18.2. The van der Waals surface area contributed by atoms with Crippen LogP contribution in [0.4, 0.5) is 5.82 Å². The summed E-state index contributed by atoms with van der Waals surface area (Å²) in [5, 5.41) is 3.44. The maximum atomic E-state index is 12.3. The second-order valence-corrected chi connectivity index (χ2v) is 7.02. The molecule has 0 saturated carbocycles. The lowest BCUT2D eigenvalue weighted by Gasteiger charge is -2.01. The molecule has 0 radical (unpaired) electrons. The normalized spacial score (nSPS) is 14.4. The first-order valence-corrected chi connectivity index (χ1v) is 9.29. The van der Waals surface area contributed by atoms with Gasteiger partial charge in [0.05, 0.1) is 12.7 Å². The molecule has 1 amide bonds. The summed E-state index contributed by atoms with van der Waals surface area (Å²) in [5.41, 5.74) is 4.07. The number of hydrogen-bond donors (Lipinski definition) is 2. The van der Waals surface area contributed by atoms with E-state index < -0.39 is 0 Å². The van der Waals surface area contributed by atoms with Crippen molar-refractivity contribution in [1.29, 1.82) is 0 Å². The van der Waals surface area contributed by atoms with E-state index in [1.54, 1.807) is 12.3 Å². The molecular formula is C18H20N4O3S. The Kier molecular flexibility index (Phi) is 5.41. The van der Waals surface area contributed by atoms with Crippen LogP contribution >= 0.6 is 11.8 Å². The summed E-state index contributed by atoms with van der Waals surface area (Å²) in [7, 11) is 1.38. The number of rotatable bonds is 6. The number of ether oxygens (including phenoxy) is 1. The number of amides is 1. The van der Waals surface area contributed by atoms with Gasteiger partial charge in [0.2, 0.25) is 0 Å². The molecule has 3 rings (SSSR count). The third-order valence-corrected chi connectivity index (χ3v) is 4.95. The minimum Gasteiger partial charge on any atom is -0.469 e. The Hall–Kier alpha value is -2.61. The Labute approximate surface area is 155 Å². The Morgan fingerprint density at radius 1 is 1.42 bits per heavy atom. The minimum absolute atomic E-state index is 0.196. The van der Waals surface area contributed by atoms with Gasteiger partial charge >= 0.3 is 5.97 Å². The predicted octanol–water partition coefficient (Wildman–Crippen LogP) is 2.82. The van der Waals surface area contributed by atoms with E-state index in [0.29, 0.717) is 35.0 Å². The molecule has 0 saturated heterocycles. The van der Waals surface area contributed by atoms with Crippen LogP contribution in [0.25, 0.3) is 11.6 Å². The third kappa shape index (κ3) is 3.65. The van der Waals surface area contributed by atoms with E-state index in [-0.39, 0.29) is 11.9 Å². The van der Waals surface area contributed by atoms with Crippen LogP contribution in [0.5, 0.6) is 0 Å². The molecule has 0 aromatic carbocycles. The SMILES string of the molecule is CCSc1ncc2c(n1)NC(=O)C2=Cc1[nH]cc(CCC(=O)OC)c1C. The predicted molar refractivity (Wildman–Crippen MR) is 101 cm³/mol. The number of esters is 1. The highest BCUT2D eigenvalue weighted by atomic mass is 32.2. The Morgan fingerprint density at radius 3 is 2.96 bits per heavy atom. The van der Waals surface area contributed by atoms with Crippen LogP contribution in [0.1, 0.15) is 35.7 Å². The average Bonchev–Trinajstić information content (AvgIpc) is 3.13. The Balaban J connectivity index is 1.86. The van der Waals surface area contributed by atoms with E-state index in [4.69, 9.17) is 0 Å². The van der Waals surface area contributed by atoms with Gasteiger partial charge in [0.15, 0.2) is 5.16 Å². The highest BCUT2D eigenvalue weighted by Gasteiger charge is 2.27. The summed E-state index contributed by atoms with van der Waals surface area (Å²) in [4.78, 5) is 35.5. The van der Waals surface area contributed by atoms with E-state index in [1.165, 1.54) is 18.9 Å². The molecule has 3 heterocycles. The van der Waals surface area contributed by atoms with Crippen LogP contribution in [0.3, 0.4) is 0 Å².